The van der Waals surface area contributed by atoms with Gasteiger partial charge >= 0.3 is 0 Å². The van der Waals surface area contributed by atoms with Gasteiger partial charge in [-0.1, -0.05) is 129 Å². The Hall–Kier alpha value is -7.41. The molecule has 0 fully saturated rings. The SMILES string of the molecule is CC1(C)c2cc(-c3ccc4c(c3)c3ccccc3n4-c3nc(-c4ccccc4)nc(-c4ccc5c(c4)sc4ccccc45)n3)ccc2-c2cc3c(cc21)oc1ccccc13. The second-order valence-electron chi connectivity index (χ2n) is 16.4. The number of rotatable bonds is 4. The molecule has 0 spiro atoms. The molecule has 0 bridgehead atoms. The third kappa shape index (κ3) is 4.82. The van der Waals surface area contributed by atoms with Crippen LogP contribution in [-0.2, 0) is 5.41 Å². The third-order valence-corrected chi connectivity index (χ3v) is 13.8. The van der Waals surface area contributed by atoms with Crippen molar-refractivity contribution in [2.75, 3.05) is 0 Å². The molecular formula is C54H34N4OS. The predicted molar refractivity (Wildman–Crippen MR) is 248 cm³/mol. The first-order valence-electron chi connectivity index (χ1n) is 20.3. The summed E-state index contributed by atoms with van der Waals surface area (Å²) in [5.74, 6) is 1.87. The summed E-state index contributed by atoms with van der Waals surface area (Å²) < 4.78 is 11.0. The lowest BCUT2D eigenvalue weighted by molar-refractivity contribution is 0.647. The molecule has 0 unspecified atom stereocenters. The van der Waals surface area contributed by atoms with E-state index in [1.54, 1.807) is 11.3 Å². The number of aromatic nitrogens is 4. The molecule has 282 valence electrons. The topological polar surface area (TPSA) is 56.7 Å². The first-order chi connectivity index (χ1) is 29.5. The molecule has 0 saturated carbocycles. The number of fused-ring (bicyclic) bond motifs is 12. The zero-order valence-corrected chi connectivity index (χ0v) is 33.6. The van der Waals surface area contributed by atoms with Gasteiger partial charge in [0.15, 0.2) is 11.6 Å². The fourth-order valence-corrected chi connectivity index (χ4v) is 10.8. The van der Waals surface area contributed by atoms with Gasteiger partial charge in [-0.05, 0) is 88.0 Å². The van der Waals surface area contributed by atoms with Crippen molar-refractivity contribution in [1.29, 1.82) is 0 Å². The summed E-state index contributed by atoms with van der Waals surface area (Å²) in [5.41, 5.74) is 13.2. The van der Waals surface area contributed by atoms with Crippen LogP contribution in [0.4, 0.5) is 0 Å². The van der Waals surface area contributed by atoms with Crippen LogP contribution in [0.5, 0.6) is 0 Å². The molecule has 5 nitrogen and oxygen atoms in total. The van der Waals surface area contributed by atoms with Crippen molar-refractivity contribution < 1.29 is 4.42 Å². The summed E-state index contributed by atoms with van der Waals surface area (Å²) in [6, 6.07) is 60.6. The molecule has 0 radical (unpaired) electrons. The maximum absolute atomic E-state index is 6.34. The standard InChI is InChI=1S/C54H34N4OS/c1-54(2)43-27-33(20-23-35(43)40-29-42-37-15-7-10-18-47(37)59-48(42)30-44(40)54)32-22-25-46-41(26-32)36-14-6-9-17-45(36)58(46)53-56-51(31-12-4-3-5-13-31)55-52(57-53)34-21-24-39-38-16-8-11-19-49(38)60-50(39)28-34/h3-30H,1-2H3. The molecule has 4 aromatic heterocycles. The van der Waals surface area contributed by atoms with Crippen LogP contribution >= 0.6 is 11.3 Å². The van der Waals surface area contributed by atoms with Gasteiger partial charge < -0.3 is 4.42 Å². The second kappa shape index (κ2) is 12.3. The molecule has 1 aliphatic rings. The van der Waals surface area contributed by atoms with E-state index in [2.05, 4.69) is 164 Å². The molecule has 6 heteroatoms. The molecule has 0 N–H and O–H groups in total. The molecule has 0 aliphatic heterocycles. The van der Waals surface area contributed by atoms with Crippen LogP contribution in [0.25, 0.3) is 115 Å². The van der Waals surface area contributed by atoms with Crippen LogP contribution < -0.4 is 0 Å². The van der Waals surface area contributed by atoms with Gasteiger partial charge in [0.2, 0.25) is 5.95 Å². The number of para-hydroxylation sites is 2. The normalized spacial score (nSPS) is 13.3. The summed E-state index contributed by atoms with van der Waals surface area (Å²) in [7, 11) is 0. The van der Waals surface area contributed by atoms with Gasteiger partial charge in [0.05, 0.1) is 11.0 Å². The molecule has 0 saturated heterocycles. The van der Waals surface area contributed by atoms with E-state index in [4.69, 9.17) is 19.4 Å². The van der Waals surface area contributed by atoms with Crippen molar-refractivity contribution in [1.82, 2.24) is 19.5 Å². The molecule has 4 heterocycles. The molecule has 13 rings (SSSR count). The smallest absolute Gasteiger partial charge is 0.238 e. The average Bonchev–Trinajstić information content (AvgIpc) is 4.01. The number of thiophene rings is 1. The maximum Gasteiger partial charge on any atom is 0.238 e. The minimum Gasteiger partial charge on any atom is -0.456 e. The number of hydrogen-bond acceptors (Lipinski definition) is 5. The van der Waals surface area contributed by atoms with Crippen molar-refractivity contribution in [3.63, 3.8) is 0 Å². The molecule has 8 aromatic carbocycles. The minimum atomic E-state index is -0.192. The second-order valence-corrected chi connectivity index (χ2v) is 17.5. The zero-order valence-electron chi connectivity index (χ0n) is 32.8. The Kier molecular flexibility index (Phi) is 6.88. The number of nitrogens with zero attached hydrogens (tertiary/aromatic N) is 4. The van der Waals surface area contributed by atoms with Crippen molar-refractivity contribution in [2.45, 2.75) is 19.3 Å². The van der Waals surface area contributed by atoms with Crippen LogP contribution in [0, 0.1) is 0 Å². The molecule has 1 aliphatic carbocycles. The van der Waals surface area contributed by atoms with Gasteiger partial charge in [0.25, 0.3) is 0 Å². The molecular weight excluding hydrogens is 753 g/mol. The number of benzene rings is 8. The van der Waals surface area contributed by atoms with E-state index in [1.165, 1.54) is 48.0 Å². The minimum absolute atomic E-state index is 0.192. The Morgan fingerprint density at radius 2 is 1.10 bits per heavy atom. The molecule has 0 atom stereocenters. The van der Waals surface area contributed by atoms with Crippen LogP contribution in [0.1, 0.15) is 25.0 Å². The number of hydrogen-bond donors (Lipinski definition) is 0. The first-order valence-corrected chi connectivity index (χ1v) is 21.2. The third-order valence-electron chi connectivity index (χ3n) is 12.7. The quantitative estimate of drug-likeness (QED) is 0.178. The van der Waals surface area contributed by atoms with Crippen LogP contribution in [0.3, 0.4) is 0 Å². The molecule has 0 amide bonds. The monoisotopic (exact) mass is 786 g/mol. The lowest BCUT2D eigenvalue weighted by Gasteiger charge is -2.22. The highest BCUT2D eigenvalue weighted by molar-refractivity contribution is 7.25. The fourth-order valence-electron chi connectivity index (χ4n) is 9.68. The van der Waals surface area contributed by atoms with Crippen molar-refractivity contribution in [2.24, 2.45) is 0 Å². The highest BCUT2D eigenvalue weighted by Crippen LogP contribution is 2.52. The van der Waals surface area contributed by atoms with Crippen LogP contribution in [0.15, 0.2) is 174 Å². The summed E-state index contributed by atoms with van der Waals surface area (Å²) >= 11 is 1.80. The number of furan rings is 1. The Morgan fingerprint density at radius 3 is 1.98 bits per heavy atom. The summed E-state index contributed by atoms with van der Waals surface area (Å²) in [5, 5.41) is 7.13. The van der Waals surface area contributed by atoms with E-state index in [1.807, 2.05) is 24.3 Å². The molecule has 12 aromatic rings. The largest absolute Gasteiger partial charge is 0.456 e. The Balaban J connectivity index is 0.962. The van der Waals surface area contributed by atoms with Gasteiger partial charge in [0, 0.05) is 58.3 Å². The zero-order chi connectivity index (χ0) is 39.7. The van der Waals surface area contributed by atoms with E-state index in [0.717, 1.165) is 60.4 Å². The van der Waals surface area contributed by atoms with E-state index < -0.39 is 0 Å². The van der Waals surface area contributed by atoms with Gasteiger partial charge in [-0.15, -0.1) is 11.3 Å². The average molecular weight is 787 g/mol. The highest BCUT2D eigenvalue weighted by atomic mass is 32.1. The van der Waals surface area contributed by atoms with Crippen LogP contribution in [0.2, 0.25) is 0 Å². The van der Waals surface area contributed by atoms with E-state index >= 15 is 0 Å². The lowest BCUT2D eigenvalue weighted by Crippen LogP contribution is -2.15. The van der Waals surface area contributed by atoms with E-state index in [0.29, 0.717) is 17.6 Å². The van der Waals surface area contributed by atoms with Gasteiger partial charge in [0.1, 0.15) is 11.2 Å². The summed E-state index contributed by atoms with van der Waals surface area (Å²) in [6.45, 7) is 4.67. The van der Waals surface area contributed by atoms with Crippen molar-refractivity contribution in [3.05, 3.63) is 181 Å². The maximum atomic E-state index is 6.34. The highest BCUT2D eigenvalue weighted by Gasteiger charge is 2.36. The van der Waals surface area contributed by atoms with Gasteiger partial charge in [-0.25, -0.2) is 4.98 Å². The first kappa shape index (κ1) is 33.6. The van der Waals surface area contributed by atoms with E-state index in [9.17, 15) is 0 Å². The van der Waals surface area contributed by atoms with E-state index in [-0.39, 0.29) is 5.41 Å². The summed E-state index contributed by atoms with van der Waals surface area (Å²) in [4.78, 5) is 15.6. The summed E-state index contributed by atoms with van der Waals surface area (Å²) in [6.07, 6.45) is 0. The Bertz CT molecular complexity index is 3760. The van der Waals surface area contributed by atoms with Crippen LogP contribution in [-0.4, -0.2) is 19.5 Å². The lowest BCUT2D eigenvalue weighted by atomic mass is 9.81. The van der Waals surface area contributed by atoms with Crippen molar-refractivity contribution in [3.8, 4) is 51.0 Å². The Labute approximate surface area is 348 Å². The predicted octanol–water partition coefficient (Wildman–Crippen LogP) is 14.5. The van der Waals surface area contributed by atoms with Gasteiger partial charge in [-0.2, -0.15) is 9.97 Å². The van der Waals surface area contributed by atoms with Gasteiger partial charge in [-0.3, -0.25) is 4.57 Å². The Morgan fingerprint density at radius 1 is 0.433 bits per heavy atom. The van der Waals surface area contributed by atoms with Crippen molar-refractivity contribution >= 4 is 75.3 Å². The fraction of sp³-hybridized carbons (Fsp3) is 0.0556. The molecule has 60 heavy (non-hydrogen) atoms.